The summed E-state index contributed by atoms with van der Waals surface area (Å²) < 4.78 is 41.6. The highest BCUT2D eigenvalue weighted by molar-refractivity contribution is 5.92. The zero-order valence-electron chi connectivity index (χ0n) is 24.7. The molecular formula is C30H38O14. The average Bonchev–Trinajstić information content (AvgIpc) is 3.90. The van der Waals surface area contributed by atoms with Crippen molar-refractivity contribution < 1.29 is 68.0 Å². The number of fused-ring (bicyclic) bond motifs is 4. The number of rotatable bonds is 7. The summed E-state index contributed by atoms with van der Waals surface area (Å²) in [6.07, 6.45) is -8.33. The minimum atomic E-state index is -1.75. The Bertz CT molecular complexity index is 1340. The highest BCUT2D eigenvalue weighted by atomic mass is 16.8. The molecule has 5 aliphatic heterocycles. The maximum absolute atomic E-state index is 13.4. The average molecular weight is 623 g/mol. The number of hydrogen-bond acceptors (Lipinski definition) is 14. The van der Waals surface area contributed by atoms with Gasteiger partial charge in [0, 0.05) is 11.0 Å². The van der Waals surface area contributed by atoms with E-state index in [1.165, 1.54) is 0 Å². The van der Waals surface area contributed by atoms with Gasteiger partial charge in [-0.05, 0) is 36.7 Å². The van der Waals surface area contributed by atoms with Crippen LogP contribution in [0.5, 0.6) is 0 Å². The first-order chi connectivity index (χ1) is 20.9. The van der Waals surface area contributed by atoms with Crippen molar-refractivity contribution >= 4 is 17.9 Å². The van der Waals surface area contributed by atoms with Crippen molar-refractivity contribution in [2.24, 2.45) is 17.3 Å². The SMILES string of the molecule is CC(C)[C@]12O[C@H]1[C@@H]1O[C@]13[C@]1(O[C@H]1C[C@H]1C4=C(CC[C@@]13C)C(=O)OC4)[C@@H]2OC(=O)CCC(=O)O[C@@H]1OC(CO)[C@@H](O)C(O)C1O. The van der Waals surface area contributed by atoms with Gasteiger partial charge < -0.3 is 53.6 Å². The van der Waals surface area contributed by atoms with Crippen LogP contribution in [0.15, 0.2) is 11.1 Å². The zero-order chi connectivity index (χ0) is 31.1. The van der Waals surface area contributed by atoms with Crippen LogP contribution in [0.1, 0.15) is 52.9 Å². The fraction of sp³-hybridized carbons (Fsp3) is 0.833. The molecule has 0 bridgehead atoms. The topological polar surface area (TPSA) is 207 Å². The van der Waals surface area contributed by atoms with Gasteiger partial charge >= 0.3 is 17.9 Å². The van der Waals surface area contributed by atoms with Crippen LogP contribution in [0, 0.1) is 17.3 Å². The van der Waals surface area contributed by atoms with E-state index in [4.69, 9.17) is 33.2 Å². The van der Waals surface area contributed by atoms with Crippen LogP contribution in [0.4, 0.5) is 0 Å². The molecule has 3 aliphatic carbocycles. The molecule has 2 spiro atoms. The van der Waals surface area contributed by atoms with Crippen molar-refractivity contribution in [1.29, 1.82) is 0 Å². The molecule has 8 aliphatic rings. The van der Waals surface area contributed by atoms with Crippen LogP contribution in [0.2, 0.25) is 0 Å². The molecule has 14 atom stereocenters. The van der Waals surface area contributed by atoms with Gasteiger partial charge in [0.15, 0.2) is 11.7 Å². The van der Waals surface area contributed by atoms with E-state index in [0.717, 1.165) is 11.1 Å². The van der Waals surface area contributed by atoms with Crippen molar-refractivity contribution in [1.82, 2.24) is 0 Å². The second kappa shape index (κ2) is 9.22. The van der Waals surface area contributed by atoms with Gasteiger partial charge in [0.2, 0.25) is 6.29 Å². The van der Waals surface area contributed by atoms with Crippen LogP contribution in [0.25, 0.3) is 0 Å². The summed E-state index contributed by atoms with van der Waals surface area (Å²) in [6, 6.07) is 0. The van der Waals surface area contributed by atoms with Gasteiger partial charge in [-0.25, -0.2) is 4.79 Å². The van der Waals surface area contributed by atoms with Crippen molar-refractivity contribution in [2.45, 2.75) is 125 Å². The summed E-state index contributed by atoms with van der Waals surface area (Å²) in [5.74, 6) is -1.81. The molecule has 14 heteroatoms. The third-order valence-corrected chi connectivity index (χ3v) is 11.9. The molecule has 2 saturated carbocycles. The maximum atomic E-state index is 13.4. The molecule has 5 heterocycles. The molecule has 0 radical (unpaired) electrons. The second-order valence-corrected chi connectivity index (χ2v) is 14.1. The van der Waals surface area contributed by atoms with Gasteiger partial charge in [-0.15, -0.1) is 0 Å². The molecule has 6 fully saturated rings. The van der Waals surface area contributed by atoms with Crippen molar-refractivity contribution in [2.75, 3.05) is 13.2 Å². The third-order valence-electron chi connectivity index (χ3n) is 11.9. The molecule has 0 aromatic rings. The van der Waals surface area contributed by atoms with Gasteiger partial charge in [0.05, 0.1) is 25.6 Å². The van der Waals surface area contributed by atoms with Crippen LogP contribution >= 0.6 is 0 Å². The Hall–Kier alpha value is -2.17. The summed E-state index contributed by atoms with van der Waals surface area (Å²) in [6.45, 7) is 5.81. The molecule has 44 heavy (non-hydrogen) atoms. The standard InChI is InChI=1S/C30H38O14/c1-11(2)28-22(43-28)23-30(44-23)27(3)7-6-12-13(10-38-24(12)37)14(27)8-16-29(30,42-16)26(28)41-18(33)5-4-17(32)40-25-21(36)20(35)19(34)15(9-31)39-25/h11,14-16,19-23,25-26,31,34-36H,4-10H2,1-3H3/t14-,15?,16-,19+,20?,21?,22-,23-,25-,26+,27-,28-,29+,30+/m0/s1. The van der Waals surface area contributed by atoms with Crippen molar-refractivity contribution in [3.05, 3.63) is 11.1 Å². The number of aliphatic hydroxyl groups excluding tert-OH is 4. The fourth-order valence-electron chi connectivity index (χ4n) is 9.59. The minimum absolute atomic E-state index is 0.0298. The number of epoxide rings is 3. The number of carbonyl (C=O) groups is 3. The Morgan fingerprint density at radius 1 is 1.00 bits per heavy atom. The number of carbonyl (C=O) groups excluding carboxylic acids is 3. The zero-order valence-corrected chi connectivity index (χ0v) is 24.7. The first kappa shape index (κ1) is 29.2. The Morgan fingerprint density at radius 2 is 1.73 bits per heavy atom. The normalized spacial score (nSPS) is 52.4. The molecule has 0 aromatic carbocycles. The monoisotopic (exact) mass is 622 g/mol. The van der Waals surface area contributed by atoms with E-state index in [1.807, 2.05) is 13.8 Å². The highest BCUT2D eigenvalue weighted by Gasteiger charge is 3.01. The molecule has 4 N–H and O–H groups in total. The highest BCUT2D eigenvalue weighted by Crippen LogP contribution is 2.83. The smallest absolute Gasteiger partial charge is 0.334 e. The number of ether oxygens (including phenoxy) is 7. The Labute approximate surface area is 252 Å². The number of cyclic esters (lactones) is 1. The lowest BCUT2D eigenvalue weighted by Gasteiger charge is -2.53. The van der Waals surface area contributed by atoms with E-state index in [2.05, 4.69) is 6.92 Å². The summed E-state index contributed by atoms with van der Waals surface area (Å²) in [7, 11) is 0. The van der Waals surface area contributed by atoms with E-state index in [9.17, 15) is 34.8 Å². The second-order valence-electron chi connectivity index (χ2n) is 14.1. The van der Waals surface area contributed by atoms with E-state index in [0.29, 0.717) is 19.3 Å². The molecular weight excluding hydrogens is 584 g/mol. The van der Waals surface area contributed by atoms with Crippen molar-refractivity contribution in [3.8, 4) is 0 Å². The quantitative estimate of drug-likeness (QED) is 0.149. The van der Waals surface area contributed by atoms with Gasteiger partial charge in [0.25, 0.3) is 0 Å². The predicted octanol–water partition coefficient (Wildman–Crippen LogP) is -1.22. The minimum Gasteiger partial charge on any atom is -0.458 e. The number of hydrogen-bond donors (Lipinski definition) is 4. The summed E-state index contributed by atoms with van der Waals surface area (Å²) in [5.41, 5.74) is -1.09. The summed E-state index contributed by atoms with van der Waals surface area (Å²) in [5, 5.41) is 39.4. The van der Waals surface area contributed by atoms with Gasteiger partial charge in [-0.2, -0.15) is 0 Å². The number of aliphatic hydroxyl groups is 4. The van der Waals surface area contributed by atoms with Crippen LogP contribution in [-0.2, 0) is 47.5 Å². The summed E-state index contributed by atoms with van der Waals surface area (Å²) in [4.78, 5) is 38.4. The van der Waals surface area contributed by atoms with Crippen LogP contribution in [-0.4, -0.2) is 123 Å². The molecule has 14 nitrogen and oxygen atoms in total. The van der Waals surface area contributed by atoms with E-state index >= 15 is 0 Å². The Kier molecular flexibility index (Phi) is 6.13. The van der Waals surface area contributed by atoms with Crippen LogP contribution in [0.3, 0.4) is 0 Å². The fourth-order valence-corrected chi connectivity index (χ4v) is 9.59. The Balaban J connectivity index is 1.00. The van der Waals surface area contributed by atoms with E-state index in [1.54, 1.807) is 0 Å². The molecule has 4 saturated heterocycles. The lowest BCUT2D eigenvalue weighted by atomic mass is 9.46. The Morgan fingerprint density at radius 3 is 2.43 bits per heavy atom. The van der Waals surface area contributed by atoms with Gasteiger partial charge in [-0.1, -0.05) is 20.8 Å². The first-order valence-corrected chi connectivity index (χ1v) is 15.5. The van der Waals surface area contributed by atoms with Gasteiger partial charge in [0.1, 0.15) is 54.4 Å². The largest absolute Gasteiger partial charge is 0.458 e. The van der Waals surface area contributed by atoms with Crippen LogP contribution < -0.4 is 0 Å². The first-order valence-electron chi connectivity index (χ1n) is 15.5. The molecule has 3 unspecified atom stereocenters. The van der Waals surface area contributed by atoms with Gasteiger partial charge in [-0.3, -0.25) is 9.59 Å². The maximum Gasteiger partial charge on any atom is 0.334 e. The van der Waals surface area contributed by atoms with E-state index < -0.39 is 84.0 Å². The molecule has 0 aromatic heterocycles. The molecule has 242 valence electrons. The predicted molar refractivity (Wildman–Crippen MR) is 140 cm³/mol. The lowest BCUT2D eigenvalue weighted by molar-refractivity contribution is -0.292. The third kappa shape index (κ3) is 3.40. The van der Waals surface area contributed by atoms with E-state index in [-0.39, 0.29) is 49.1 Å². The lowest BCUT2D eigenvalue weighted by Crippen LogP contribution is -2.70. The molecule has 0 amide bonds. The molecule has 8 rings (SSSR count). The van der Waals surface area contributed by atoms with Crippen molar-refractivity contribution in [3.63, 3.8) is 0 Å². The summed E-state index contributed by atoms with van der Waals surface area (Å²) >= 11 is 0. The number of esters is 3.